The molecule has 9 nitrogen and oxygen atoms in total. The number of carbonyl (C=O) groups is 4. The van der Waals surface area contributed by atoms with E-state index in [4.69, 9.17) is 15.9 Å². The molecule has 20 heavy (non-hydrogen) atoms. The average molecular weight is 289 g/mol. The molecule has 0 saturated carbocycles. The highest BCUT2D eigenvalue weighted by atomic mass is 16.4. The lowest BCUT2D eigenvalue weighted by Gasteiger charge is -2.21. The molecule has 0 spiro atoms. The van der Waals surface area contributed by atoms with E-state index < -0.39 is 42.4 Å². The molecule has 0 aromatic carbocycles. The third-order valence-corrected chi connectivity index (χ3v) is 2.51. The molecular formula is C11H19N3O6. The minimum atomic E-state index is -1.36. The summed E-state index contributed by atoms with van der Waals surface area (Å²) in [5, 5.41) is 21.7. The van der Waals surface area contributed by atoms with E-state index in [0.717, 1.165) is 0 Å². The average Bonchev–Trinajstić information content (AvgIpc) is 2.29. The lowest BCUT2D eigenvalue weighted by molar-refractivity contribution is -0.140. The van der Waals surface area contributed by atoms with Crippen molar-refractivity contribution >= 4 is 23.9 Å². The third-order valence-electron chi connectivity index (χ3n) is 2.51. The first-order chi connectivity index (χ1) is 9.15. The van der Waals surface area contributed by atoms with Gasteiger partial charge in [0.1, 0.15) is 12.1 Å². The highest BCUT2D eigenvalue weighted by Gasteiger charge is 2.25. The van der Waals surface area contributed by atoms with Gasteiger partial charge < -0.3 is 26.6 Å². The fourth-order valence-electron chi connectivity index (χ4n) is 1.43. The minimum Gasteiger partial charge on any atom is -0.481 e. The van der Waals surface area contributed by atoms with Crippen molar-refractivity contribution in [3.8, 4) is 0 Å². The van der Waals surface area contributed by atoms with Crippen molar-refractivity contribution in [2.75, 3.05) is 0 Å². The number of hydrogen-bond donors (Lipinski definition) is 5. The number of amides is 3. The maximum atomic E-state index is 11.6. The summed E-state index contributed by atoms with van der Waals surface area (Å²) in [7, 11) is 0. The Hall–Kier alpha value is -2.32. The van der Waals surface area contributed by atoms with Crippen LogP contribution in [0.4, 0.5) is 4.79 Å². The number of aliphatic carboxylic acids is 2. The predicted molar refractivity (Wildman–Crippen MR) is 67.8 cm³/mol. The van der Waals surface area contributed by atoms with E-state index in [2.05, 4.69) is 10.6 Å². The number of carboxylic acid groups (broad SMARTS) is 2. The first kappa shape index (κ1) is 17.7. The van der Waals surface area contributed by atoms with Crippen LogP contribution in [-0.4, -0.2) is 46.2 Å². The second-order valence-corrected chi connectivity index (χ2v) is 4.57. The summed E-state index contributed by atoms with van der Waals surface area (Å²) in [6.07, 6.45) is -0.665. The molecule has 0 radical (unpaired) electrons. The molecule has 0 fully saturated rings. The van der Waals surface area contributed by atoms with Crippen LogP contribution in [0.1, 0.15) is 26.7 Å². The minimum absolute atomic E-state index is 0.263. The quantitative estimate of drug-likeness (QED) is 0.390. The van der Waals surface area contributed by atoms with E-state index >= 15 is 0 Å². The van der Waals surface area contributed by atoms with Crippen LogP contribution in [0.2, 0.25) is 0 Å². The molecule has 0 rings (SSSR count). The zero-order valence-electron chi connectivity index (χ0n) is 11.3. The van der Waals surface area contributed by atoms with Crippen molar-refractivity contribution in [1.82, 2.24) is 10.6 Å². The van der Waals surface area contributed by atoms with E-state index in [0.29, 0.717) is 0 Å². The molecule has 0 aromatic rings. The molecule has 2 atom stereocenters. The van der Waals surface area contributed by atoms with E-state index in [1.54, 1.807) is 13.8 Å². The van der Waals surface area contributed by atoms with Crippen molar-refractivity contribution in [3.05, 3.63) is 0 Å². The Labute approximate surface area is 115 Å². The molecule has 6 N–H and O–H groups in total. The van der Waals surface area contributed by atoms with E-state index in [9.17, 15) is 19.2 Å². The van der Waals surface area contributed by atoms with Gasteiger partial charge in [-0.1, -0.05) is 13.8 Å². The van der Waals surface area contributed by atoms with Crippen LogP contribution < -0.4 is 16.4 Å². The Morgan fingerprint density at radius 3 is 2.00 bits per heavy atom. The number of carboxylic acids is 2. The smallest absolute Gasteiger partial charge is 0.326 e. The highest BCUT2D eigenvalue weighted by Crippen LogP contribution is 2.02. The molecular weight excluding hydrogens is 270 g/mol. The van der Waals surface area contributed by atoms with Crippen LogP contribution in [0.25, 0.3) is 0 Å². The zero-order valence-corrected chi connectivity index (χ0v) is 11.3. The fourth-order valence-corrected chi connectivity index (χ4v) is 1.43. The molecule has 0 aliphatic heterocycles. The summed E-state index contributed by atoms with van der Waals surface area (Å²) < 4.78 is 0. The predicted octanol–water partition coefficient (Wildman–Crippen LogP) is -0.886. The van der Waals surface area contributed by atoms with Crippen LogP contribution in [0.5, 0.6) is 0 Å². The largest absolute Gasteiger partial charge is 0.481 e. The van der Waals surface area contributed by atoms with Crippen LogP contribution in [0.15, 0.2) is 0 Å². The molecule has 0 aromatic heterocycles. The third kappa shape index (κ3) is 6.57. The van der Waals surface area contributed by atoms with E-state index in [1.165, 1.54) is 0 Å². The molecule has 114 valence electrons. The summed E-state index contributed by atoms with van der Waals surface area (Å²) in [4.78, 5) is 43.9. The van der Waals surface area contributed by atoms with E-state index in [1.807, 2.05) is 0 Å². The number of rotatable bonds is 8. The molecule has 0 bridgehead atoms. The summed E-state index contributed by atoms with van der Waals surface area (Å²) in [6.45, 7) is 3.32. The lowest BCUT2D eigenvalue weighted by atomic mass is 10.0. The Morgan fingerprint density at radius 2 is 1.65 bits per heavy atom. The van der Waals surface area contributed by atoms with Crippen molar-refractivity contribution < 1.29 is 29.4 Å². The highest BCUT2D eigenvalue weighted by molar-refractivity contribution is 5.88. The second kappa shape index (κ2) is 7.97. The van der Waals surface area contributed by atoms with Gasteiger partial charge in [-0.15, -0.1) is 0 Å². The van der Waals surface area contributed by atoms with Gasteiger partial charge in [0.05, 0.1) is 0 Å². The first-order valence-corrected chi connectivity index (χ1v) is 5.96. The maximum absolute atomic E-state index is 11.6. The summed E-state index contributed by atoms with van der Waals surface area (Å²) in [5.41, 5.74) is 5.10. The maximum Gasteiger partial charge on any atom is 0.326 e. The number of nitrogens with one attached hydrogen (secondary N) is 2. The van der Waals surface area contributed by atoms with Gasteiger partial charge in [-0.25, -0.2) is 9.59 Å². The summed E-state index contributed by atoms with van der Waals surface area (Å²) >= 11 is 0. The van der Waals surface area contributed by atoms with Gasteiger partial charge in [-0.2, -0.15) is 0 Å². The number of urea groups is 1. The summed E-state index contributed by atoms with van der Waals surface area (Å²) in [5.74, 6) is -3.54. The summed E-state index contributed by atoms with van der Waals surface area (Å²) in [6, 6.07) is -3.18. The monoisotopic (exact) mass is 289 g/mol. The normalized spacial score (nSPS) is 13.3. The Kier molecular flexibility index (Phi) is 7.05. The SMILES string of the molecule is CC(C)C(NC(=O)N[C@@H](CCC(=O)O)C(=O)O)C(N)=O. The number of hydrogen-bond acceptors (Lipinski definition) is 4. The van der Waals surface area contributed by atoms with Crippen molar-refractivity contribution in [2.45, 2.75) is 38.8 Å². The number of carbonyl (C=O) groups excluding carboxylic acids is 2. The van der Waals surface area contributed by atoms with Gasteiger partial charge in [-0.3, -0.25) is 9.59 Å². The van der Waals surface area contributed by atoms with Crippen molar-refractivity contribution in [2.24, 2.45) is 11.7 Å². The Bertz CT molecular complexity index is 396. The fraction of sp³-hybridized carbons (Fsp3) is 0.636. The first-order valence-electron chi connectivity index (χ1n) is 5.96. The Balaban J connectivity index is 4.56. The standard InChI is InChI=1S/C11H19N3O6/c1-5(2)8(9(12)17)14-11(20)13-6(10(18)19)3-4-7(15)16/h5-6,8H,3-4H2,1-2H3,(H2,12,17)(H,15,16)(H,18,19)(H2,13,14,20)/t6-,8?/m0/s1. The molecule has 3 amide bonds. The van der Waals surface area contributed by atoms with Crippen LogP contribution in [0.3, 0.4) is 0 Å². The van der Waals surface area contributed by atoms with Crippen LogP contribution >= 0.6 is 0 Å². The lowest BCUT2D eigenvalue weighted by Crippen LogP contribution is -2.54. The van der Waals surface area contributed by atoms with Gasteiger partial charge in [-0.05, 0) is 12.3 Å². The van der Waals surface area contributed by atoms with Crippen molar-refractivity contribution in [1.29, 1.82) is 0 Å². The van der Waals surface area contributed by atoms with Gasteiger partial charge in [0, 0.05) is 6.42 Å². The van der Waals surface area contributed by atoms with Crippen LogP contribution in [0, 0.1) is 5.92 Å². The molecule has 9 heteroatoms. The van der Waals surface area contributed by atoms with Crippen LogP contribution in [-0.2, 0) is 14.4 Å². The second-order valence-electron chi connectivity index (χ2n) is 4.57. The number of nitrogens with two attached hydrogens (primary N) is 1. The van der Waals surface area contributed by atoms with E-state index in [-0.39, 0.29) is 12.3 Å². The van der Waals surface area contributed by atoms with Gasteiger partial charge >= 0.3 is 18.0 Å². The zero-order chi connectivity index (χ0) is 15.9. The van der Waals surface area contributed by atoms with Gasteiger partial charge in [0.2, 0.25) is 5.91 Å². The topological polar surface area (TPSA) is 159 Å². The molecule has 0 saturated heterocycles. The molecule has 0 heterocycles. The van der Waals surface area contributed by atoms with Gasteiger partial charge in [0.15, 0.2) is 0 Å². The van der Waals surface area contributed by atoms with Gasteiger partial charge in [0.25, 0.3) is 0 Å². The Morgan fingerprint density at radius 1 is 1.10 bits per heavy atom. The molecule has 0 aliphatic carbocycles. The number of primary amides is 1. The molecule has 0 aliphatic rings. The molecule has 1 unspecified atom stereocenters. The van der Waals surface area contributed by atoms with Crippen molar-refractivity contribution in [3.63, 3.8) is 0 Å².